The molecular weight excluding hydrogens is 286 g/mol. The Balaban J connectivity index is 1.94. The van der Waals surface area contributed by atoms with Gasteiger partial charge in [0.1, 0.15) is 5.60 Å². The first-order valence-corrected chi connectivity index (χ1v) is 8.20. The fraction of sp³-hybridized carbons (Fsp3) is 0.938. The van der Waals surface area contributed by atoms with Crippen LogP contribution in [0.15, 0.2) is 0 Å². The second-order valence-electron chi connectivity index (χ2n) is 7.17. The number of hydrogen-bond acceptors (Lipinski definition) is 5. The lowest BCUT2D eigenvalue weighted by atomic mass is 9.90. The molecule has 6 nitrogen and oxygen atoms in total. The summed E-state index contributed by atoms with van der Waals surface area (Å²) >= 11 is 0. The molecule has 2 rings (SSSR count). The molecule has 22 heavy (non-hydrogen) atoms. The Bertz CT molecular complexity index is 362. The van der Waals surface area contributed by atoms with Crippen LogP contribution in [0.1, 0.15) is 40.0 Å². The van der Waals surface area contributed by atoms with Gasteiger partial charge in [-0.2, -0.15) is 0 Å². The lowest BCUT2D eigenvalue weighted by molar-refractivity contribution is -0.0737. The quantitative estimate of drug-likeness (QED) is 0.860. The minimum absolute atomic E-state index is 0.327. The highest BCUT2D eigenvalue weighted by Gasteiger charge is 2.36. The van der Waals surface area contributed by atoms with E-state index in [-0.39, 0.29) is 12.1 Å². The van der Waals surface area contributed by atoms with Gasteiger partial charge in [-0.15, -0.1) is 0 Å². The van der Waals surface area contributed by atoms with Crippen LogP contribution in [-0.4, -0.2) is 66.8 Å². The van der Waals surface area contributed by atoms with Gasteiger partial charge in [-0.05, 0) is 46.0 Å². The van der Waals surface area contributed by atoms with E-state index >= 15 is 0 Å². The van der Waals surface area contributed by atoms with Gasteiger partial charge in [0.05, 0.1) is 25.4 Å². The molecule has 0 bridgehead atoms. The van der Waals surface area contributed by atoms with E-state index in [2.05, 4.69) is 0 Å². The molecule has 0 radical (unpaired) electrons. The van der Waals surface area contributed by atoms with Crippen molar-refractivity contribution < 1.29 is 24.1 Å². The largest absolute Gasteiger partial charge is 0.444 e. The fourth-order valence-electron chi connectivity index (χ4n) is 2.97. The molecule has 2 saturated heterocycles. The van der Waals surface area contributed by atoms with Gasteiger partial charge in [-0.25, -0.2) is 4.79 Å². The Kier molecular flexibility index (Phi) is 6.06. The molecule has 0 aromatic carbocycles. The van der Waals surface area contributed by atoms with Crippen molar-refractivity contribution >= 4 is 6.09 Å². The first-order valence-electron chi connectivity index (χ1n) is 8.20. The summed E-state index contributed by atoms with van der Waals surface area (Å²) in [6, 6.07) is -0.327. The molecule has 128 valence electrons. The Labute approximate surface area is 132 Å². The number of nitrogens with zero attached hydrogens (tertiary/aromatic N) is 1. The molecule has 0 aliphatic carbocycles. The highest BCUT2D eigenvalue weighted by molar-refractivity contribution is 5.68. The first kappa shape index (κ1) is 17.5. The summed E-state index contributed by atoms with van der Waals surface area (Å²) in [7, 11) is 0. The summed E-state index contributed by atoms with van der Waals surface area (Å²) in [6.07, 6.45) is 1.66. The van der Waals surface area contributed by atoms with Crippen molar-refractivity contribution in [1.82, 2.24) is 4.90 Å². The first-order chi connectivity index (χ1) is 10.4. The Morgan fingerprint density at radius 3 is 2.59 bits per heavy atom. The number of carbonyl (C=O) groups is 1. The lowest BCUT2D eigenvalue weighted by Crippen LogP contribution is -2.55. The smallest absolute Gasteiger partial charge is 0.410 e. The van der Waals surface area contributed by atoms with Crippen molar-refractivity contribution in [3.63, 3.8) is 0 Å². The van der Waals surface area contributed by atoms with Gasteiger partial charge in [-0.1, -0.05) is 0 Å². The second kappa shape index (κ2) is 7.62. The fourth-order valence-corrected chi connectivity index (χ4v) is 2.97. The molecule has 0 saturated carbocycles. The molecule has 1 amide bonds. The van der Waals surface area contributed by atoms with Gasteiger partial charge in [0.25, 0.3) is 0 Å². The Morgan fingerprint density at radius 2 is 1.95 bits per heavy atom. The van der Waals surface area contributed by atoms with Crippen LogP contribution < -0.4 is 0 Å². The van der Waals surface area contributed by atoms with Crippen molar-refractivity contribution in [2.24, 2.45) is 5.92 Å². The van der Waals surface area contributed by atoms with E-state index in [1.54, 1.807) is 4.90 Å². The number of aliphatic hydroxyl groups excluding tert-OH is 1. The van der Waals surface area contributed by atoms with E-state index in [1.807, 2.05) is 20.8 Å². The standard InChI is InChI=1S/C16H29NO5/c1-16(2,3)22-15(19)17-6-9-21-11-13(17)14(18)10-12-4-7-20-8-5-12/h12-14,18H,4-11H2,1-3H3. The molecule has 0 aromatic rings. The summed E-state index contributed by atoms with van der Waals surface area (Å²) in [4.78, 5) is 14.0. The maximum absolute atomic E-state index is 12.3. The number of morpholine rings is 1. The highest BCUT2D eigenvalue weighted by Crippen LogP contribution is 2.24. The van der Waals surface area contributed by atoms with Crippen LogP contribution in [0.2, 0.25) is 0 Å². The van der Waals surface area contributed by atoms with Crippen LogP contribution in [0.4, 0.5) is 4.79 Å². The normalized spacial score (nSPS) is 25.8. The predicted octanol–water partition coefficient (Wildman–Crippen LogP) is 1.80. The van der Waals surface area contributed by atoms with Crippen molar-refractivity contribution in [3.05, 3.63) is 0 Å². The number of ether oxygens (including phenoxy) is 3. The van der Waals surface area contributed by atoms with Crippen molar-refractivity contribution in [2.75, 3.05) is 33.0 Å². The lowest BCUT2D eigenvalue weighted by Gasteiger charge is -2.39. The van der Waals surface area contributed by atoms with Crippen molar-refractivity contribution in [3.8, 4) is 0 Å². The van der Waals surface area contributed by atoms with Gasteiger partial charge in [-0.3, -0.25) is 4.90 Å². The van der Waals surface area contributed by atoms with Gasteiger partial charge in [0, 0.05) is 19.8 Å². The Hall–Kier alpha value is -0.850. The average Bonchev–Trinajstić information content (AvgIpc) is 2.46. The minimum Gasteiger partial charge on any atom is -0.444 e. The van der Waals surface area contributed by atoms with Crippen molar-refractivity contribution in [2.45, 2.75) is 57.8 Å². The van der Waals surface area contributed by atoms with E-state index < -0.39 is 11.7 Å². The van der Waals surface area contributed by atoms with Crippen LogP contribution in [0.5, 0.6) is 0 Å². The number of carbonyl (C=O) groups excluding carboxylic acids is 1. The molecule has 0 spiro atoms. The molecular formula is C16H29NO5. The monoisotopic (exact) mass is 315 g/mol. The molecule has 2 heterocycles. The van der Waals surface area contributed by atoms with Crippen molar-refractivity contribution in [1.29, 1.82) is 0 Å². The number of hydrogen-bond donors (Lipinski definition) is 1. The van der Waals surface area contributed by atoms with Gasteiger partial charge in [0.15, 0.2) is 0 Å². The van der Waals surface area contributed by atoms with Crippen LogP contribution in [0.3, 0.4) is 0 Å². The molecule has 2 aliphatic heterocycles. The third-order valence-electron chi connectivity index (χ3n) is 4.15. The van der Waals surface area contributed by atoms with Gasteiger partial charge < -0.3 is 19.3 Å². The predicted molar refractivity (Wildman–Crippen MR) is 81.7 cm³/mol. The average molecular weight is 315 g/mol. The molecule has 6 heteroatoms. The summed E-state index contributed by atoms with van der Waals surface area (Å²) in [5, 5.41) is 10.6. The maximum atomic E-state index is 12.3. The second-order valence-corrected chi connectivity index (χ2v) is 7.17. The van der Waals surface area contributed by atoms with E-state index in [9.17, 15) is 9.90 Å². The Morgan fingerprint density at radius 1 is 1.27 bits per heavy atom. The highest BCUT2D eigenvalue weighted by atomic mass is 16.6. The van der Waals surface area contributed by atoms with E-state index in [0.29, 0.717) is 32.1 Å². The summed E-state index contributed by atoms with van der Waals surface area (Å²) in [5.41, 5.74) is -0.536. The number of amides is 1. The zero-order valence-corrected chi connectivity index (χ0v) is 13.9. The third-order valence-corrected chi connectivity index (χ3v) is 4.15. The van der Waals surface area contributed by atoms with Gasteiger partial charge in [0.2, 0.25) is 0 Å². The molecule has 1 N–H and O–H groups in total. The SMILES string of the molecule is CC(C)(C)OC(=O)N1CCOCC1C(O)CC1CCOCC1. The van der Waals surface area contributed by atoms with Crippen LogP contribution in [-0.2, 0) is 14.2 Å². The third kappa shape index (κ3) is 5.11. The van der Waals surface area contributed by atoms with Crippen LogP contribution >= 0.6 is 0 Å². The molecule has 0 aromatic heterocycles. The molecule has 2 aliphatic rings. The summed E-state index contributed by atoms with van der Waals surface area (Å²) in [5.74, 6) is 0.450. The number of aliphatic hydroxyl groups is 1. The van der Waals surface area contributed by atoms with E-state index in [0.717, 1.165) is 26.1 Å². The summed E-state index contributed by atoms with van der Waals surface area (Å²) in [6.45, 7) is 8.37. The summed E-state index contributed by atoms with van der Waals surface area (Å²) < 4.78 is 16.3. The molecule has 2 fully saturated rings. The zero-order valence-electron chi connectivity index (χ0n) is 13.9. The molecule has 2 unspecified atom stereocenters. The minimum atomic E-state index is -0.587. The van der Waals surface area contributed by atoms with E-state index in [1.165, 1.54) is 0 Å². The zero-order chi connectivity index (χ0) is 16.2. The van der Waals surface area contributed by atoms with Gasteiger partial charge >= 0.3 is 6.09 Å². The van der Waals surface area contributed by atoms with E-state index in [4.69, 9.17) is 14.2 Å². The number of rotatable bonds is 3. The molecule has 2 atom stereocenters. The topological polar surface area (TPSA) is 68.2 Å². The van der Waals surface area contributed by atoms with Crippen LogP contribution in [0.25, 0.3) is 0 Å². The maximum Gasteiger partial charge on any atom is 0.410 e. The van der Waals surface area contributed by atoms with Crippen LogP contribution in [0, 0.1) is 5.92 Å².